The third-order valence-electron chi connectivity index (χ3n) is 5.90. The summed E-state index contributed by atoms with van der Waals surface area (Å²) in [6, 6.07) is 4.36. The summed E-state index contributed by atoms with van der Waals surface area (Å²) in [5.41, 5.74) is 0.510. The van der Waals surface area contributed by atoms with Gasteiger partial charge in [0.05, 0.1) is 13.7 Å². The molecule has 9 atom stereocenters. The molecular weight excluding hydrogens is 488 g/mol. The average Bonchev–Trinajstić information content (AvgIpc) is 3.12. The lowest BCUT2D eigenvalue weighted by molar-refractivity contribution is -0.383. The molecule has 1 aromatic carbocycles. The van der Waals surface area contributed by atoms with Crippen LogP contribution < -0.4 is 4.74 Å². The lowest BCUT2D eigenvalue weighted by Gasteiger charge is -2.43. The maximum atomic E-state index is 12.1. The molecule has 2 aliphatic rings. The molecule has 3 rings (SSSR count). The minimum absolute atomic E-state index is 0.0851. The Labute approximate surface area is 205 Å². The number of carbonyl (C=O) groups excluding carboxylic acids is 1. The van der Waals surface area contributed by atoms with Gasteiger partial charge >= 0.3 is 5.97 Å². The molecule has 0 unspecified atom stereocenters. The molecule has 14 heteroatoms. The first-order valence-corrected chi connectivity index (χ1v) is 10.9. The number of ether oxygens (including phenoxy) is 5. The molecule has 8 N–H and O–H groups in total. The Morgan fingerprint density at radius 3 is 2.39 bits per heavy atom. The molecule has 2 fully saturated rings. The largest absolute Gasteiger partial charge is 0.504 e. The molecule has 0 bridgehead atoms. The van der Waals surface area contributed by atoms with Gasteiger partial charge in [0, 0.05) is 6.08 Å². The topological polar surface area (TPSA) is 225 Å². The molecule has 0 aromatic heterocycles. The van der Waals surface area contributed by atoms with Gasteiger partial charge in [-0.2, -0.15) is 0 Å². The second-order valence-corrected chi connectivity index (χ2v) is 8.27. The Morgan fingerprint density at radius 1 is 1.06 bits per heavy atom. The summed E-state index contributed by atoms with van der Waals surface area (Å²) in [6.07, 6.45) is -11.1. The van der Waals surface area contributed by atoms with Crippen molar-refractivity contribution in [3.63, 3.8) is 0 Å². The van der Waals surface area contributed by atoms with Crippen LogP contribution in [0, 0.1) is 0 Å². The molecule has 0 saturated carbocycles. The normalized spacial score (nSPS) is 36.8. The van der Waals surface area contributed by atoms with Gasteiger partial charge in [-0.1, -0.05) is 6.07 Å². The van der Waals surface area contributed by atoms with Crippen molar-refractivity contribution >= 4 is 12.0 Å². The molecule has 2 saturated heterocycles. The van der Waals surface area contributed by atoms with Crippen LogP contribution in [-0.2, 0) is 23.7 Å². The molecule has 0 radical (unpaired) electrons. The Bertz CT molecular complexity index is 924. The summed E-state index contributed by atoms with van der Waals surface area (Å²) in [5, 5.41) is 79.6. The number of aliphatic hydroxyl groups is 7. The van der Waals surface area contributed by atoms with Crippen LogP contribution >= 0.6 is 0 Å². The van der Waals surface area contributed by atoms with Crippen LogP contribution in [0.25, 0.3) is 6.08 Å². The summed E-state index contributed by atoms with van der Waals surface area (Å²) in [6.45, 7) is -2.34. The smallest absolute Gasteiger partial charge is 0.330 e. The fourth-order valence-corrected chi connectivity index (χ4v) is 3.79. The number of esters is 1. The molecule has 0 spiro atoms. The Hall–Kier alpha value is -2.37. The van der Waals surface area contributed by atoms with Gasteiger partial charge in [-0.05, 0) is 23.8 Å². The highest BCUT2D eigenvalue weighted by molar-refractivity contribution is 5.87. The third kappa shape index (κ3) is 5.78. The molecular formula is C22H30O14. The maximum absolute atomic E-state index is 12.1. The first kappa shape index (κ1) is 28.2. The van der Waals surface area contributed by atoms with Crippen LogP contribution in [0.2, 0.25) is 0 Å². The van der Waals surface area contributed by atoms with Gasteiger partial charge < -0.3 is 64.5 Å². The third-order valence-corrected chi connectivity index (χ3v) is 5.90. The number of phenolic OH excluding ortho intramolecular Hbond substituents is 1. The molecule has 2 aliphatic heterocycles. The molecule has 202 valence electrons. The van der Waals surface area contributed by atoms with Gasteiger partial charge in [0.2, 0.25) is 5.79 Å². The predicted molar refractivity (Wildman–Crippen MR) is 116 cm³/mol. The van der Waals surface area contributed by atoms with Crippen LogP contribution in [0.5, 0.6) is 11.5 Å². The van der Waals surface area contributed by atoms with Gasteiger partial charge in [-0.3, -0.25) is 0 Å². The summed E-state index contributed by atoms with van der Waals surface area (Å²) in [4.78, 5) is 12.1. The van der Waals surface area contributed by atoms with Crippen LogP contribution in [0.4, 0.5) is 0 Å². The number of methoxy groups -OCH3 is 1. The van der Waals surface area contributed by atoms with Crippen LogP contribution in [0.3, 0.4) is 0 Å². The first-order valence-electron chi connectivity index (χ1n) is 10.9. The van der Waals surface area contributed by atoms with E-state index in [-0.39, 0.29) is 11.5 Å². The molecule has 2 heterocycles. The Morgan fingerprint density at radius 2 is 1.78 bits per heavy atom. The lowest BCUT2D eigenvalue weighted by Crippen LogP contribution is -2.62. The molecule has 0 aliphatic carbocycles. The summed E-state index contributed by atoms with van der Waals surface area (Å²) < 4.78 is 26.0. The second-order valence-electron chi connectivity index (χ2n) is 8.27. The van der Waals surface area contributed by atoms with Crippen molar-refractivity contribution < 1.29 is 69.3 Å². The van der Waals surface area contributed by atoms with E-state index in [1.807, 2.05) is 0 Å². The predicted octanol–water partition coefficient (Wildman–Crippen LogP) is -3.42. The van der Waals surface area contributed by atoms with Gasteiger partial charge in [0.25, 0.3) is 0 Å². The van der Waals surface area contributed by atoms with Crippen molar-refractivity contribution in [2.45, 2.75) is 54.8 Å². The number of rotatable bonds is 9. The highest BCUT2D eigenvalue weighted by atomic mass is 16.8. The van der Waals surface area contributed by atoms with E-state index in [4.69, 9.17) is 23.7 Å². The number of carbonyl (C=O) groups is 1. The first-order chi connectivity index (χ1) is 17.1. The fourth-order valence-electron chi connectivity index (χ4n) is 3.79. The summed E-state index contributed by atoms with van der Waals surface area (Å²) in [5.74, 6) is -3.07. The van der Waals surface area contributed by atoms with E-state index in [0.717, 1.165) is 6.08 Å². The highest BCUT2D eigenvalue weighted by Gasteiger charge is 2.58. The van der Waals surface area contributed by atoms with Gasteiger partial charge in [-0.25, -0.2) is 4.79 Å². The number of hydrogen-bond acceptors (Lipinski definition) is 14. The molecule has 36 heavy (non-hydrogen) atoms. The van der Waals surface area contributed by atoms with Gasteiger partial charge in [0.1, 0.15) is 55.9 Å². The van der Waals surface area contributed by atoms with Crippen LogP contribution in [0.1, 0.15) is 5.56 Å². The van der Waals surface area contributed by atoms with Crippen molar-refractivity contribution in [2.75, 3.05) is 26.9 Å². The van der Waals surface area contributed by atoms with Crippen molar-refractivity contribution in [3.05, 3.63) is 29.8 Å². The standard InChI is InChI=1S/C22H30O14/c1-32-12-6-10(2-4-11(12)25)3-5-15(26)33-8-14-16(27)18(29)19(30)21(34-14)36-22(9-24)20(31)17(28)13(7-23)35-22/h2-6,13-14,16-21,23-25,27-31H,7-9H2,1H3/b5-3+/t13-,14+,16+,17+,18-,19+,20+,21-,22+/m1/s1. The monoisotopic (exact) mass is 518 g/mol. The van der Waals surface area contributed by atoms with Crippen molar-refractivity contribution in [3.8, 4) is 11.5 Å². The number of phenols is 1. The number of aromatic hydroxyl groups is 1. The quantitative estimate of drug-likeness (QED) is 0.118. The van der Waals surface area contributed by atoms with E-state index in [1.54, 1.807) is 0 Å². The van der Waals surface area contributed by atoms with Crippen molar-refractivity contribution in [1.29, 1.82) is 0 Å². The van der Waals surface area contributed by atoms with E-state index in [2.05, 4.69) is 0 Å². The SMILES string of the molecule is COc1cc(/C=C/C(=O)OC[C@@H]2O[C@H](O[C@]3(CO)O[C@H](CO)[C@H](O)[C@@H]3O)[C@@H](O)[C@H](O)[C@H]2O)ccc1O. The zero-order valence-electron chi connectivity index (χ0n) is 19.2. The van der Waals surface area contributed by atoms with E-state index in [9.17, 15) is 45.6 Å². The average molecular weight is 518 g/mol. The fraction of sp³-hybridized carbons (Fsp3) is 0.591. The Balaban J connectivity index is 1.64. The molecule has 0 amide bonds. The van der Waals surface area contributed by atoms with Crippen molar-refractivity contribution in [1.82, 2.24) is 0 Å². The van der Waals surface area contributed by atoms with E-state index in [1.165, 1.54) is 31.4 Å². The minimum atomic E-state index is -2.32. The van der Waals surface area contributed by atoms with Crippen LogP contribution in [-0.4, -0.2) is 129 Å². The minimum Gasteiger partial charge on any atom is -0.504 e. The zero-order chi connectivity index (χ0) is 26.6. The second kappa shape index (κ2) is 11.8. The van der Waals surface area contributed by atoms with Crippen LogP contribution in [0.15, 0.2) is 24.3 Å². The number of aliphatic hydroxyl groups excluding tert-OH is 7. The Kier molecular flexibility index (Phi) is 9.23. The van der Waals surface area contributed by atoms with Crippen molar-refractivity contribution in [2.24, 2.45) is 0 Å². The van der Waals surface area contributed by atoms with Gasteiger partial charge in [-0.15, -0.1) is 0 Å². The molecule has 14 nitrogen and oxygen atoms in total. The van der Waals surface area contributed by atoms with E-state index < -0.39 is 80.6 Å². The highest BCUT2D eigenvalue weighted by Crippen LogP contribution is 2.36. The zero-order valence-corrected chi connectivity index (χ0v) is 19.2. The summed E-state index contributed by atoms with van der Waals surface area (Å²) >= 11 is 0. The number of benzene rings is 1. The summed E-state index contributed by atoms with van der Waals surface area (Å²) in [7, 11) is 1.36. The lowest BCUT2D eigenvalue weighted by atomic mass is 9.99. The number of hydrogen-bond donors (Lipinski definition) is 8. The molecule has 1 aromatic rings. The van der Waals surface area contributed by atoms with E-state index >= 15 is 0 Å². The van der Waals surface area contributed by atoms with E-state index in [0.29, 0.717) is 5.56 Å². The van der Waals surface area contributed by atoms with Gasteiger partial charge in [0.15, 0.2) is 17.8 Å². The maximum Gasteiger partial charge on any atom is 0.330 e.